The van der Waals surface area contributed by atoms with Gasteiger partial charge in [-0.1, -0.05) is 31.4 Å². The summed E-state index contributed by atoms with van der Waals surface area (Å²) in [6, 6.07) is 15.4. The van der Waals surface area contributed by atoms with Crippen LogP contribution < -0.4 is 10.1 Å². The summed E-state index contributed by atoms with van der Waals surface area (Å²) >= 11 is 0. The van der Waals surface area contributed by atoms with Crippen molar-refractivity contribution in [2.75, 3.05) is 12.4 Å². The minimum Gasteiger partial charge on any atom is -0.497 e. The second kappa shape index (κ2) is 7.89. The monoisotopic (exact) mass is 376 g/mol. The Kier molecular flexibility index (Phi) is 5.15. The van der Waals surface area contributed by atoms with Crippen LogP contribution >= 0.6 is 0 Å². The van der Waals surface area contributed by atoms with Crippen LogP contribution in [0.25, 0.3) is 10.9 Å². The van der Waals surface area contributed by atoms with Crippen molar-refractivity contribution in [1.29, 1.82) is 0 Å². The first-order valence-corrected chi connectivity index (χ1v) is 9.73. The van der Waals surface area contributed by atoms with E-state index in [0.29, 0.717) is 23.0 Å². The topological polar surface area (TPSA) is 71.5 Å². The molecule has 0 bridgehead atoms. The summed E-state index contributed by atoms with van der Waals surface area (Å²) in [5.41, 5.74) is 3.02. The third-order valence-corrected chi connectivity index (χ3v) is 5.51. The van der Waals surface area contributed by atoms with Gasteiger partial charge in [-0.05, 0) is 54.7 Å². The fraction of sp³-hybridized carbons (Fsp3) is 0.304. The molecule has 0 atom stereocenters. The van der Waals surface area contributed by atoms with Crippen molar-refractivity contribution in [1.82, 2.24) is 4.98 Å². The van der Waals surface area contributed by atoms with E-state index < -0.39 is 5.97 Å². The number of fused-ring (bicyclic) bond motifs is 1. The highest BCUT2D eigenvalue weighted by Crippen LogP contribution is 2.33. The molecule has 1 fully saturated rings. The molecule has 3 aromatic rings. The summed E-state index contributed by atoms with van der Waals surface area (Å²) in [7, 11) is 1.60. The van der Waals surface area contributed by atoms with Gasteiger partial charge in [0.05, 0.1) is 12.6 Å². The van der Waals surface area contributed by atoms with Gasteiger partial charge in [0.25, 0.3) is 0 Å². The number of benzene rings is 2. The highest BCUT2D eigenvalue weighted by atomic mass is 16.5. The van der Waals surface area contributed by atoms with Crippen LogP contribution in [0.15, 0.2) is 48.5 Å². The van der Waals surface area contributed by atoms with E-state index in [2.05, 4.69) is 22.4 Å². The number of anilines is 2. The zero-order chi connectivity index (χ0) is 19.5. The Bertz CT molecular complexity index is 993. The van der Waals surface area contributed by atoms with Gasteiger partial charge in [0.2, 0.25) is 0 Å². The molecule has 0 unspecified atom stereocenters. The van der Waals surface area contributed by atoms with Gasteiger partial charge in [0, 0.05) is 17.1 Å². The lowest BCUT2D eigenvalue weighted by molar-refractivity contribution is 0.0698. The van der Waals surface area contributed by atoms with Gasteiger partial charge in [0.15, 0.2) is 0 Å². The Hall–Kier alpha value is -3.08. The normalized spacial score (nSPS) is 14.8. The number of nitrogens with zero attached hydrogens (tertiary/aromatic N) is 1. The smallest absolute Gasteiger partial charge is 0.339 e. The lowest BCUT2D eigenvalue weighted by Crippen LogP contribution is -2.06. The third-order valence-electron chi connectivity index (χ3n) is 5.51. The van der Waals surface area contributed by atoms with Gasteiger partial charge < -0.3 is 15.2 Å². The number of carboxylic acid groups (broad SMARTS) is 1. The molecule has 4 rings (SSSR count). The molecule has 0 spiro atoms. The molecule has 0 aliphatic heterocycles. The standard InChI is InChI=1S/C23H24N2O3/c1-28-19-12-9-17-13-20(23(26)27)22(25-21(17)14-19)24-18-10-7-16(8-11-18)15-5-3-2-4-6-15/h7-15H,2-6H2,1H3,(H,24,25)(H,26,27). The number of hydrogen-bond acceptors (Lipinski definition) is 4. The van der Waals surface area contributed by atoms with Crippen LogP contribution in [-0.4, -0.2) is 23.2 Å². The number of carbonyl (C=O) groups is 1. The highest BCUT2D eigenvalue weighted by molar-refractivity contribution is 5.99. The average molecular weight is 376 g/mol. The second-order valence-corrected chi connectivity index (χ2v) is 7.33. The van der Waals surface area contributed by atoms with E-state index in [9.17, 15) is 9.90 Å². The predicted molar refractivity (Wildman–Crippen MR) is 111 cm³/mol. The Morgan fingerprint density at radius 1 is 1.07 bits per heavy atom. The first-order chi connectivity index (χ1) is 13.6. The molecule has 5 nitrogen and oxygen atoms in total. The zero-order valence-corrected chi connectivity index (χ0v) is 15.9. The van der Waals surface area contributed by atoms with E-state index in [1.165, 1.54) is 37.7 Å². The summed E-state index contributed by atoms with van der Waals surface area (Å²) in [6.45, 7) is 0. The van der Waals surface area contributed by atoms with E-state index in [-0.39, 0.29) is 5.56 Å². The maximum atomic E-state index is 11.7. The van der Waals surface area contributed by atoms with Crippen molar-refractivity contribution in [3.05, 3.63) is 59.7 Å². The van der Waals surface area contributed by atoms with Crippen LogP contribution in [0.4, 0.5) is 11.5 Å². The van der Waals surface area contributed by atoms with Gasteiger partial charge in [-0.3, -0.25) is 0 Å². The van der Waals surface area contributed by atoms with Crippen molar-refractivity contribution >= 4 is 28.4 Å². The van der Waals surface area contributed by atoms with Gasteiger partial charge in [-0.25, -0.2) is 9.78 Å². The SMILES string of the molecule is COc1ccc2cc(C(=O)O)c(Nc3ccc(C4CCCCC4)cc3)nc2c1. The molecule has 1 saturated carbocycles. The van der Waals surface area contributed by atoms with E-state index in [0.717, 1.165) is 11.1 Å². The van der Waals surface area contributed by atoms with E-state index >= 15 is 0 Å². The van der Waals surface area contributed by atoms with Crippen LogP contribution in [0, 0.1) is 0 Å². The number of aromatic nitrogens is 1. The number of methoxy groups -OCH3 is 1. The summed E-state index contributed by atoms with van der Waals surface area (Å²) in [4.78, 5) is 16.3. The van der Waals surface area contributed by atoms with Crippen LogP contribution in [-0.2, 0) is 0 Å². The van der Waals surface area contributed by atoms with E-state index in [1.807, 2.05) is 18.2 Å². The number of carboxylic acids is 1. The molecular formula is C23H24N2O3. The summed E-state index contributed by atoms with van der Waals surface area (Å²) in [5, 5.41) is 13.6. The van der Waals surface area contributed by atoms with Crippen molar-refractivity contribution in [3.8, 4) is 5.75 Å². The Morgan fingerprint density at radius 3 is 2.50 bits per heavy atom. The molecule has 0 radical (unpaired) electrons. The highest BCUT2D eigenvalue weighted by Gasteiger charge is 2.17. The average Bonchev–Trinajstić information content (AvgIpc) is 2.74. The molecule has 0 amide bonds. The van der Waals surface area contributed by atoms with Gasteiger partial charge >= 0.3 is 5.97 Å². The third kappa shape index (κ3) is 3.79. The molecule has 1 aliphatic rings. The Balaban J connectivity index is 1.63. The molecule has 28 heavy (non-hydrogen) atoms. The number of ether oxygens (including phenoxy) is 1. The zero-order valence-electron chi connectivity index (χ0n) is 15.9. The lowest BCUT2D eigenvalue weighted by Gasteiger charge is -2.22. The van der Waals surface area contributed by atoms with Crippen LogP contribution in [0.3, 0.4) is 0 Å². The molecule has 1 aromatic heterocycles. The first-order valence-electron chi connectivity index (χ1n) is 9.73. The number of rotatable bonds is 5. The number of pyridine rings is 1. The van der Waals surface area contributed by atoms with Crippen molar-refractivity contribution < 1.29 is 14.6 Å². The molecular weight excluding hydrogens is 352 g/mol. The van der Waals surface area contributed by atoms with Gasteiger partial charge in [-0.15, -0.1) is 0 Å². The van der Waals surface area contributed by atoms with Crippen molar-refractivity contribution in [3.63, 3.8) is 0 Å². The molecule has 1 aliphatic carbocycles. The molecule has 0 saturated heterocycles. The van der Waals surface area contributed by atoms with Crippen molar-refractivity contribution in [2.45, 2.75) is 38.0 Å². The minimum absolute atomic E-state index is 0.147. The Morgan fingerprint density at radius 2 is 1.82 bits per heavy atom. The maximum Gasteiger partial charge on any atom is 0.339 e. The minimum atomic E-state index is -1.01. The van der Waals surface area contributed by atoms with Crippen molar-refractivity contribution in [2.24, 2.45) is 0 Å². The second-order valence-electron chi connectivity index (χ2n) is 7.33. The molecule has 5 heteroatoms. The number of hydrogen-bond donors (Lipinski definition) is 2. The molecule has 1 heterocycles. The van der Waals surface area contributed by atoms with Gasteiger partial charge in [0.1, 0.15) is 17.1 Å². The molecule has 144 valence electrons. The summed E-state index contributed by atoms with van der Waals surface area (Å²) in [5.74, 6) is 0.653. The van der Waals surface area contributed by atoms with Crippen LogP contribution in [0.5, 0.6) is 5.75 Å². The fourth-order valence-electron chi connectivity index (χ4n) is 3.94. The largest absolute Gasteiger partial charge is 0.497 e. The van der Waals surface area contributed by atoms with Gasteiger partial charge in [-0.2, -0.15) is 0 Å². The van der Waals surface area contributed by atoms with Crippen LogP contribution in [0.2, 0.25) is 0 Å². The fourth-order valence-corrected chi connectivity index (χ4v) is 3.94. The van der Waals surface area contributed by atoms with Crippen LogP contribution in [0.1, 0.15) is 53.9 Å². The molecule has 2 aromatic carbocycles. The van der Waals surface area contributed by atoms with E-state index in [4.69, 9.17) is 4.74 Å². The predicted octanol–water partition coefficient (Wildman–Crippen LogP) is 5.73. The number of aromatic carboxylic acids is 1. The quantitative estimate of drug-likeness (QED) is 0.595. The maximum absolute atomic E-state index is 11.7. The lowest BCUT2D eigenvalue weighted by atomic mass is 9.84. The Labute approximate surface area is 164 Å². The van der Waals surface area contributed by atoms with E-state index in [1.54, 1.807) is 25.3 Å². The molecule has 2 N–H and O–H groups in total. The number of nitrogens with one attached hydrogen (secondary N) is 1. The first kappa shape index (κ1) is 18.3. The summed E-state index contributed by atoms with van der Waals surface area (Å²) < 4.78 is 5.25. The summed E-state index contributed by atoms with van der Waals surface area (Å²) in [6.07, 6.45) is 6.45.